The van der Waals surface area contributed by atoms with Crippen molar-refractivity contribution >= 4 is 16.0 Å². The normalized spacial score (nSPS) is 18.3. The number of hydrogen-bond acceptors (Lipinski definition) is 6. The Labute approximate surface area is 109 Å². The lowest BCUT2D eigenvalue weighted by Crippen LogP contribution is -2.29. The van der Waals surface area contributed by atoms with E-state index in [2.05, 4.69) is 4.74 Å². The molecule has 1 unspecified atom stereocenters. The van der Waals surface area contributed by atoms with Crippen molar-refractivity contribution < 1.29 is 26.9 Å². The summed E-state index contributed by atoms with van der Waals surface area (Å²) >= 11 is 0. The lowest BCUT2D eigenvalue weighted by Gasteiger charge is -2.08. The van der Waals surface area contributed by atoms with Crippen LogP contribution in [0.5, 0.6) is 0 Å². The zero-order chi connectivity index (χ0) is 13.9. The minimum atomic E-state index is -4.12. The fraction of sp³-hybridized carbons (Fsp3) is 0.182. The first-order valence-corrected chi connectivity index (χ1v) is 6.65. The van der Waals surface area contributed by atoms with Gasteiger partial charge >= 0.3 is 16.4 Å². The number of benzene rings is 1. The number of hydrogen-bond donors (Lipinski definition) is 1. The molecule has 1 heterocycles. The maximum Gasteiger partial charge on any atom is 0.333 e. The van der Waals surface area contributed by atoms with Crippen LogP contribution in [0, 0.1) is 0 Å². The number of ether oxygens (including phenoxy) is 2. The Kier molecular flexibility index (Phi) is 3.72. The number of rotatable bonds is 5. The fourth-order valence-corrected chi connectivity index (χ4v) is 2.09. The molecule has 0 radical (unpaired) electrons. The third-order valence-electron chi connectivity index (χ3n) is 2.21. The number of nitrogens with two attached hydrogens (primary N) is 1. The molecule has 1 aromatic rings. The molecule has 0 fully saturated rings. The van der Waals surface area contributed by atoms with E-state index in [1.54, 1.807) is 30.3 Å². The summed E-state index contributed by atoms with van der Waals surface area (Å²) in [7, 11) is -4.12. The Morgan fingerprint density at radius 2 is 2.00 bits per heavy atom. The molecule has 1 aliphatic rings. The van der Waals surface area contributed by atoms with Gasteiger partial charge in [0.2, 0.25) is 0 Å². The number of primary amides is 1. The highest BCUT2D eigenvalue weighted by Gasteiger charge is 2.33. The summed E-state index contributed by atoms with van der Waals surface area (Å²) in [6.07, 6.45) is -0.652. The van der Waals surface area contributed by atoms with Gasteiger partial charge in [0.25, 0.3) is 11.0 Å². The first-order valence-electron chi connectivity index (χ1n) is 5.24. The molecule has 8 heteroatoms. The highest BCUT2D eigenvalue weighted by molar-refractivity contribution is 7.90. The van der Waals surface area contributed by atoms with Crippen molar-refractivity contribution in [3.8, 4) is 0 Å². The molecule has 2 rings (SSSR count). The highest BCUT2D eigenvalue weighted by Crippen LogP contribution is 2.21. The van der Waals surface area contributed by atoms with Crippen molar-refractivity contribution in [1.29, 1.82) is 0 Å². The molecule has 19 heavy (non-hydrogen) atoms. The first kappa shape index (κ1) is 13.4. The van der Waals surface area contributed by atoms with Crippen LogP contribution in [-0.4, -0.2) is 20.6 Å². The third-order valence-corrected chi connectivity index (χ3v) is 3.33. The molecular formula is C11H11NO6S. The van der Waals surface area contributed by atoms with Crippen molar-refractivity contribution in [1.82, 2.24) is 0 Å². The predicted octanol–water partition coefficient (Wildman–Crippen LogP) is 0.190. The van der Waals surface area contributed by atoms with Crippen LogP contribution in [0.25, 0.3) is 0 Å². The van der Waals surface area contributed by atoms with E-state index < -0.39 is 27.4 Å². The summed E-state index contributed by atoms with van der Waals surface area (Å²) in [5, 5.41) is -0.577. The van der Waals surface area contributed by atoms with Gasteiger partial charge in [0, 0.05) is 0 Å². The molecule has 102 valence electrons. The van der Waals surface area contributed by atoms with Crippen molar-refractivity contribution in [2.45, 2.75) is 12.9 Å². The van der Waals surface area contributed by atoms with Crippen LogP contribution in [0.4, 0.5) is 0 Å². The van der Waals surface area contributed by atoms with E-state index in [1.165, 1.54) is 0 Å². The summed E-state index contributed by atoms with van der Waals surface area (Å²) in [5.74, 6) is -0.926. The zero-order valence-corrected chi connectivity index (χ0v) is 10.5. The molecule has 0 saturated heterocycles. The predicted molar refractivity (Wildman–Crippen MR) is 63.4 cm³/mol. The smallest absolute Gasteiger partial charge is 0.333 e. The maximum absolute atomic E-state index is 11.7. The molecule has 1 aromatic carbocycles. The molecule has 0 saturated carbocycles. The van der Waals surface area contributed by atoms with Crippen molar-refractivity contribution in [3.05, 3.63) is 47.2 Å². The largest absolute Gasteiger partial charge is 0.450 e. The Bertz CT molecular complexity index is 595. The van der Waals surface area contributed by atoms with Gasteiger partial charge in [-0.15, -0.1) is 0 Å². The van der Waals surface area contributed by atoms with Crippen molar-refractivity contribution in [2.75, 3.05) is 0 Å². The Balaban J connectivity index is 1.98. The van der Waals surface area contributed by atoms with Gasteiger partial charge in [-0.1, -0.05) is 30.3 Å². The SMILES string of the molecule is NC(=O)C1OC=C(S(=O)(=O)OCc2ccccc2)O1. The van der Waals surface area contributed by atoms with E-state index in [4.69, 9.17) is 14.7 Å². The molecule has 7 nitrogen and oxygen atoms in total. The fourth-order valence-electron chi connectivity index (χ4n) is 1.30. The number of carbonyl (C=O) groups excluding carboxylic acids is 1. The van der Waals surface area contributed by atoms with E-state index in [9.17, 15) is 13.2 Å². The summed E-state index contributed by atoms with van der Waals surface area (Å²) in [5.41, 5.74) is 5.59. The van der Waals surface area contributed by atoms with Gasteiger partial charge in [-0.3, -0.25) is 8.98 Å². The van der Waals surface area contributed by atoms with Gasteiger partial charge in [0.15, 0.2) is 0 Å². The third kappa shape index (κ3) is 3.24. The van der Waals surface area contributed by atoms with Gasteiger partial charge in [0.05, 0.1) is 6.61 Å². The molecule has 2 N–H and O–H groups in total. The Hall–Kier alpha value is -2.06. The van der Waals surface area contributed by atoms with E-state index in [-0.39, 0.29) is 6.61 Å². The number of carbonyl (C=O) groups is 1. The second-order valence-corrected chi connectivity index (χ2v) is 5.17. The standard InChI is InChI=1S/C11H11NO6S/c12-10(13)11-16-7-9(18-11)19(14,15)17-6-8-4-2-1-3-5-8/h1-5,7,11H,6H2,(H2,12,13). The van der Waals surface area contributed by atoms with Gasteiger partial charge in [-0.25, -0.2) is 0 Å². The summed E-state index contributed by atoms with van der Waals surface area (Å²) in [6, 6.07) is 8.72. The molecule has 0 spiro atoms. The van der Waals surface area contributed by atoms with Crippen LogP contribution >= 0.6 is 0 Å². The molecule has 1 aliphatic heterocycles. The summed E-state index contributed by atoms with van der Waals surface area (Å²) in [4.78, 5) is 10.8. The van der Waals surface area contributed by atoms with Crippen LogP contribution in [0.2, 0.25) is 0 Å². The molecule has 1 atom stereocenters. The second-order valence-electron chi connectivity index (χ2n) is 3.63. The van der Waals surface area contributed by atoms with Crippen LogP contribution in [0.15, 0.2) is 41.7 Å². The Morgan fingerprint density at radius 3 is 2.58 bits per heavy atom. The van der Waals surface area contributed by atoms with Crippen LogP contribution in [0.3, 0.4) is 0 Å². The minimum absolute atomic E-state index is 0.148. The molecule has 0 aliphatic carbocycles. The van der Waals surface area contributed by atoms with Crippen LogP contribution in [-0.2, 0) is 35.2 Å². The monoisotopic (exact) mass is 285 g/mol. The molecular weight excluding hydrogens is 274 g/mol. The summed E-state index contributed by atoms with van der Waals surface area (Å²) in [6.45, 7) is -0.148. The first-order chi connectivity index (χ1) is 8.99. The van der Waals surface area contributed by atoms with Gasteiger partial charge in [-0.2, -0.15) is 8.42 Å². The van der Waals surface area contributed by atoms with Crippen LogP contribution < -0.4 is 5.73 Å². The zero-order valence-electron chi connectivity index (χ0n) is 9.68. The van der Waals surface area contributed by atoms with Gasteiger partial charge in [-0.05, 0) is 5.56 Å². The van der Waals surface area contributed by atoms with Gasteiger partial charge in [0.1, 0.15) is 6.26 Å². The lowest BCUT2D eigenvalue weighted by molar-refractivity contribution is -0.140. The maximum atomic E-state index is 11.7. The molecule has 0 bridgehead atoms. The van der Waals surface area contributed by atoms with E-state index in [0.29, 0.717) is 5.56 Å². The summed E-state index contributed by atoms with van der Waals surface area (Å²) < 4.78 is 37.6. The lowest BCUT2D eigenvalue weighted by atomic mass is 10.2. The van der Waals surface area contributed by atoms with Crippen LogP contribution in [0.1, 0.15) is 5.56 Å². The average molecular weight is 285 g/mol. The topological polar surface area (TPSA) is 105 Å². The second kappa shape index (κ2) is 5.29. The van der Waals surface area contributed by atoms with Crippen molar-refractivity contribution in [2.24, 2.45) is 5.73 Å². The van der Waals surface area contributed by atoms with E-state index in [1.807, 2.05) is 0 Å². The van der Waals surface area contributed by atoms with E-state index >= 15 is 0 Å². The average Bonchev–Trinajstić information content (AvgIpc) is 2.88. The van der Waals surface area contributed by atoms with Gasteiger partial charge < -0.3 is 15.2 Å². The quantitative estimate of drug-likeness (QED) is 0.774. The van der Waals surface area contributed by atoms with E-state index in [0.717, 1.165) is 6.26 Å². The highest BCUT2D eigenvalue weighted by atomic mass is 32.2. The Morgan fingerprint density at radius 1 is 1.32 bits per heavy atom. The van der Waals surface area contributed by atoms with Crippen molar-refractivity contribution in [3.63, 3.8) is 0 Å². The molecule has 0 aromatic heterocycles. The number of amides is 1. The minimum Gasteiger partial charge on any atom is -0.450 e. The molecule has 1 amide bonds.